The van der Waals surface area contributed by atoms with Crippen LogP contribution in [0.1, 0.15) is 23.2 Å². The van der Waals surface area contributed by atoms with Crippen molar-refractivity contribution < 1.29 is 9.59 Å². The van der Waals surface area contributed by atoms with Crippen molar-refractivity contribution in [1.29, 1.82) is 0 Å². The summed E-state index contributed by atoms with van der Waals surface area (Å²) >= 11 is 0. The van der Waals surface area contributed by atoms with E-state index in [1.165, 1.54) is 6.20 Å². The lowest BCUT2D eigenvalue weighted by Crippen LogP contribution is -2.45. The molecule has 0 aromatic carbocycles. The van der Waals surface area contributed by atoms with Gasteiger partial charge >= 0.3 is 0 Å². The highest BCUT2D eigenvalue weighted by Gasteiger charge is 2.26. The first-order valence-electron chi connectivity index (χ1n) is 8.86. The molecule has 1 aliphatic rings. The van der Waals surface area contributed by atoms with Gasteiger partial charge in [0.2, 0.25) is 5.91 Å². The first-order chi connectivity index (χ1) is 12.7. The monoisotopic (exact) mass is 353 g/mol. The minimum atomic E-state index is -0.189. The number of anilines is 1. The standard InChI is InChI=1S/C19H23N5O2/c25-18(15-5-3-8-20-13-15)22-10-11-23-19(26)16-6-4-12-24(14-16)17-7-1-2-9-21-17/h1-3,5,7-9,13,16H,4,6,10-12,14H2,(H,22,25)(H,23,26)/t16-/m1/s1. The molecule has 136 valence electrons. The number of hydrogen-bond donors (Lipinski definition) is 2. The second-order valence-corrected chi connectivity index (χ2v) is 6.26. The Bertz CT molecular complexity index is 723. The molecule has 3 heterocycles. The molecule has 3 rings (SSSR count). The summed E-state index contributed by atoms with van der Waals surface area (Å²) in [5.74, 6) is 0.695. The third-order valence-corrected chi connectivity index (χ3v) is 4.40. The van der Waals surface area contributed by atoms with E-state index in [9.17, 15) is 9.59 Å². The fourth-order valence-corrected chi connectivity index (χ4v) is 3.05. The molecule has 0 unspecified atom stereocenters. The summed E-state index contributed by atoms with van der Waals surface area (Å²) in [6, 6.07) is 9.23. The molecule has 0 saturated carbocycles. The van der Waals surface area contributed by atoms with Crippen LogP contribution < -0.4 is 15.5 Å². The normalized spacial score (nSPS) is 16.8. The van der Waals surface area contributed by atoms with E-state index in [0.29, 0.717) is 25.2 Å². The van der Waals surface area contributed by atoms with Gasteiger partial charge in [0.1, 0.15) is 5.82 Å². The second-order valence-electron chi connectivity index (χ2n) is 6.26. The number of piperidine rings is 1. The number of aromatic nitrogens is 2. The van der Waals surface area contributed by atoms with Crippen molar-refractivity contribution in [3.05, 3.63) is 54.5 Å². The van der Waals surface area contributed by atoms with Crippen LogP contribution in [0.25, 0.3) is 0 Å². The van der Waals surface area contributed by atoms with Crippen LogP contribution in [0.3, 0.4) is 0 Å². The SMILES string of the molecule is O=C(NCCNC(=O)[C@@H]1CCCN(c2ccccn2)C1)c1cccnc1. The molecule has 7 nitrogen and oxygen atoms in total. The summed E-state index contributed by atoms with van der Waals surface area (Å²) in [6.07, 6.45) is 6.74. The highest BCUT2D eigenvalue weighted by molar-refractivity contribution is 5.93. The summed E-state index contributed by atoms with van der Waals surface area (Å²) in [4.78, 5) is 34.7. The lowest BCUT2D eigenvalue weighted by Gasteiger charge is -2.32. The fraction of sp³-hybridized carbons (Fsp3) is 0.368. The first kappa shape index (κ1) is 17.8. The Morgan fingerprint density at radius 2 is 2.00 bits per heavy atom. The number of carbonyl (C=O) groups is 2. The lowest BCUT2D eigenvalue weighted by molar-refractivity contribution is -0.125. The number of pyridine rings is 2. The Morgan fingerprint density at radius 3 is 2.77 bits per heavy atom. The van der Waals surface area contributed by atoms with Crippen LogP contribution in [0, 0.1) is 5.92 Å². The number of nitrogens with zero attached hydrogens (tertiary/aromatic N) is 3. The molecular formula is C19H23N5O2. The Hall–Kier alpha value is -2.96. The molecule has 1 saturated heterocycles. The summed E-state index contributed by atoms with van der Waals surface area (Å²) < 4.78 is 0. The van der Waals surface area contributed by atoms with E-state index in [2.05, 4.69) is 25.5 Å². The van der Waals surface area contributed by atoms with E-state index in [-0.39, 0.29) is 17.7 Å². The van der Waals surface area contributed by atoms with Gasteiger partial charge in [-0.05, 0) is 37.1 Å². The fourth-order valence-electron chi connectivity index (χ4n) is 3.05. The Labute approximate surface area is 152 Å². The van der Waals surface area contributed by atoms with E-state index in [1.54, 1.807) is 24.5 Å². The minimum absolute atomic E-state index is 0.0289. The molecule has 2 N–H and O–H groups in total. The topological polar surface area (TPSA) is 87.2 Å². The number of nitrogens with one attached hydrogen (secondary N) is 2. The second kappa shape index (κ2) is 8.94. The van der Waals surface area contributed by atoms with Crippen LogP contribution in [0.2, 0.25) is 0 Å². The average Bonchev–Trinajstić information content (AvgIpc) is 2.72. The molecular weight excluding hydrogens is 330 g/mol. The van der Waals surface area contributed by atoms with E-state index in [0.717, 1.165) is 25.2 Å². The largest absolute Gasteiger partial charge is 0.356 e. The molecule has 7 heteroatoms. The Morgan fingerprint density at radius 1 is 1.12 bits per heavy atom. The molecule has 0 bridgehead atoms. The minimum Gasteiger partial charge on any atom is -0.356 e. The lowest BCUT2D eigenvalue weighted by atomic mass is 9.97. The van der Waals surface area contributed by atoms with E-state index >= 15 is 0 Å². The van der Waals surface area contributed by atoms with Gasteiger partial charge in [0.05, 0.1) is 11.5 Å². The van der Waals surface area contributed by atoms with E-state index in [4.69, 9.17) is 0 Å². The van der Waals surface area contributed by atoms with Crippen LogP contribution in [-0.4, -0.2) is 48.0 Å². The van der Waals surface area contributed by atoms with Gasteiger partial charge in [-0.1, -0.05) is 6.07 Å². The van der Waals surface area contributed by atoms with Crippen molar-refractivity contribution >= 4 is 17.6 Å². The quantitative estimate of drug-likeness (QED) is 0.763. The van der Waals surface area contributed by atoms with Crippen molar-refractivity contribution in [3.63, 3.8) is 0 Å². The summed E-state index contributed by atoms with van der Waals surface area (Å²) in [5, 5.41) is 5.69. The maximum absolute atomic E-state index is 12.4. The van der Waals surface area contributed by atoms with Crippen molar-refractivity contribution in [2.45, 2.75) is 12.8 Å². The zero-order valence-electron chi connectivity index (χ0n) is 14.6. The third kappa shape index (κ3) is 4.78. The van der Waals surface area contributed by atoms with Gasteiger partial charge in [0.15, 0.2) is 0 Å². The zero-order chi connectivity index (χ0) is 18.2. The molecule has 1 aliphatic heterocycles. The molecule has 2 aromatic heterocycles. The van der Waals surface area contributed by atoms with Crippen LogP contribution in [-0.2, 0) is 4.79 Å². The summed E-state index contributed by atoms with van der Waals surface area (Å²) in [6.45, 7) is 2.38. The number of hydrogen-bond acceptors (Lipinski definition) is 5. The van der Waals surface area contributed by atoms with Gasteiger partial charge in [0, 0.05) is 44.8 Å². The zero-order valence-corrected chi connectivity index (χ0v) is 14.6. The van der Waals surface area contributed by atoms with Crippen LogP contribution in [0.4, 0.5) is 5.82 Å². The first-order valence-corrected chi connectivity index (χ1v) is 8.86. The van der Waals surface area contributed by atoms with Crippen molar-refractivity contribution in [3.8, 4) is 0 Å². The van der Waals surface area contributed by atoms with Crippen LogP contribution in [0.15, 0.2) is 48.9 Å². The average molecular weight is 353 g/mol. The molecule has 1 fully saturated rings. The van der Waals surface area contributed by atoms with Crippen molar-refractivity contribution in [2.75, 3.05) is 31.1 Å². The highest BCUT2D eigenvalue weighted by atomic mass is 16.2. The molecule has 0 radical (unpaired) electrons. The van der Waals surface area contributed by atoms with Crippen LogP contribution >= 0.6 is 0 Å². The van der Waals surface area contributed by atoms with Gasteiger partial charge in [-0.15, -0.1) is 0 Å². The van der Waals surface area contributed by atoms with Gasteiger partial charge in [-0.25, -0.2) is 4.98 Å². The van der Waals surface area contributed by atoms with E-state index < -0.39 is 0 Å². The molecule has 26 heavy (non-hydrogen) atoms. The Balaban J connectivity index is 1.41. The number of carbonyl (C=O) groups excluding carboxylic acids is 2. The number of rotatable bonds is 6. The van der Waals surface area contributed by atoms with Gasteiger partial charge < -0.3 is 15.5 Å². The summed E-state index contributed by atoms with van der Waals surface area (Å²) in [5.41, 5.74) is 0.511. The smallest absolute Gasteiger partial charge is 0.252 e. The molecule has 2 amide bonds. The maximum atomic E-state index is 12.4. The predicted molar refractivity (Wildman–Crippen MR) is 98.8 cm³/mol. The van der Waals surface area contributed by atoms with Gasteiger partial charge in [0.25, 0.3) is 5.91 Å². The van der Waals surface area contributed by atoms with E-state index in [1.807, 2.05) is 18.2 Å². The van der Waals surface area contributed by atoms with Gasteiger partial charge in [-0.3, -0.25) is 14.6 Å². The third-order valence-electron chi connectivity index (χ3n) is 4.40. The molecule has 2 aromatic rings. The predicted octanol–water partition coefficient (Wildman–Crippen LogP) is 1.24. The molecule has 0 spiro atoms. The van der Waals surface area contributed by atoms with Gasteiger partial charge in [-0.2, -0.15) is 0 Å². The molecule has 0 aliphatic carbocycles. The van der Waals surface area contributed by atoms with Crippen LogP contribution in [0.5, 0.6) is 0 Å². The van der Waals surface area contributed by atoms with Crippen molar-refractivity contribution in [1.82, 2.24) is 20.6 Å². The van der Waals surface area contributed by atoms with Crippen molar-refractivity contribution in [2.24, 2.45) is 5.92 Å². The molecule has 1 atom stereocenters. The number of amides is 2. The Kier molecular flexibility index (Phi) is 6.14. The highest BCUT2D eigenvalue weighted by Crippen LogP contribution is 2.21. The maximum Gasteiger partial charge on any atom is 0.252 e. The summed E-state index contributed by atoms with van der Waals surface area (Å²) in [7, 11) is 0.